The van der Waals surface area contributed by atoms with Gasteiger partial charge in [0.05, 0.1) is 18.3 Å². The lowest BCUT2D eigenvalue weighted by Crippen LogP contribution is -2.14. The van der Waals surface area contributed by atoms with Gasteiger partial charge in [0.2, 0.25) is 0 Å². The third kappa shape index (κ3) is 1.85. The van der Waals surface area contributed by atoms with Crippen molar-refractivity contribution in [1.29, 1.82) is 0 Å². The first-order valence-corrected chi connectivity index (χ1v) is 4.26. The van der Waals surface area contributed by atoms with Crippen molar-refractivity contribution in [1.82, 2.24) is 20.5 Å². The molecule has 1 saturated heterocycles. The van der Waals surface area contributed by atoms with E-state index in [2.05, 4.69) is 15.8 Å². The van der Waals surface area contributed by atoms with E-state index in [1.54, 1.807) is 4.68 Å². The van der Waals surface area contributed by atoms with E-state index in [0.29, 0.717) is 13.0 Å². The van der Waals surface area contributed by atoms with Gasteiger partial charge in [0.15, 0.2) is 0 Å². The Balaban J connectivity index is 2.03. The first kappa shape index (κ1) is 8.61. The molecule has 0 aliphatic carbocycles. The Morgan fingerprint density at radius 1 is 1.77 bits per heavy atom. The van der Waals surface area contributed by atoms with E-state index in [1.165, 1.54) is 0 Å². The Bertz CT molecular complexity index is 269. The van der Waals surface area contributed by atoms with Crippen molar-refractivity contribution in [2.45, 2.75) is 12.5 Å². The summed E-state index contributed by atoms with van der Waals surface area (Å²) in [5.41, 5.74) is 3.59. The number of aliphatic hydroxyl groups is 1. The van der Waals surface area contributed by atoms with E-state index < -0.39 is 0 Å². The molecule has 0 spiro atoms. The second kappa shape index (κ2) is 3.82. The van der Waals surface area contributed by atoms with E-state index >= 15 is 0 Å². The van der Waals surface area contributed by atoms with E-state index in [9.17, 15) is 0 Å². The predicted molar refractivity (Wildman–Crippen MR) is 43.8 cm³/mol. The van der Waals surface area contributed by atoms with Gasteiger partial charge in [0.25, 0.3) is 0 Å². The molecule has 6 nitrogen and oxygen atoms in total. The molecule has 1 aliphatic heterocycles. The number of aliphatic hydroxyl groups excluding tert-OH is 1. The number of aromatic nitrogens is 3. The van der Waals surface area contributed by atoms with Crippen LogP contribution in [0, 0.1) is 0 Å². The summed E-state index contributed by atoms with van der Waals surface area (Å²) < 4.78 is 1.77. The van der Waals surface area contributed by atoms with Crippen molar-refractivity contribution in [2.75, 3.05) is 19.8 Å². The van der Waals surface area contributed by atoms with Crippen molar-refractivity contribution in [3.63, 3.8) is 0 Å². The van der Waals surface area contributed by atoms with Crippen LogP contribution in [0.2, 0.25) is 0 Å². The van der Waals surface area contributed by atoms with E-state index in [1.807, 2.05) is 6.20 Å². The number of rotatable bonds is 3. The molecule has 2 N–H and O–H groups in total. The summed E-state index contributed by atoms with van der Waals surface area (Å²) in [6.07, 6.45) is 2.40. The average Bonchev–Trinajstić information content (AvgIpc) is 2.70. The Labute approximate surface area is 75.5 Å². The second-order valence-electron chi connectivity index (χ2n) is 2.98. The molecule has 0 radical (unpaired) electrons. The van der Waals surface area contributed by atoms with Crippen LogP contribution < -0.4 is 5.48 Å². The monoisotopic (exact) mass is 184 g/mol. The zero-order valence-corrected chi connectivity index (χ0v) is 7.18. The first-order chi connectivity index (χ1) is 6.40. The maximum Gasteiger partial charge on any atom is 0.0937 e. The highest BCUT2D eigenvalue weighted by molar-refractivity contribution is 4.94. The quantitative estimate of drug-likeness (QED) is 0.623. The highest BCUT2D eigenvalue weighted by Crippen LogP contribution is 2.09. The van der Waals surface area contributed by atoms with Gasteiger partial charge >= 0.3 is 0 Å². The molecule has 13 heavy (non-hydrogen) atoms. The van der Waals surface area contributed by atoms with Crippen LogP contribution >= 0.6 is 0 Å². The van der Waals surface area contributed by atoms with Crippen molar-refractivity contribution in [3.05, 3.63) is 11.9 Å². The standard InChI is InChI=1S/C7H12N4O2/c12-2-1-6-4-11(10-9-6)7-3-8-13-5-7/h4,7-8,12H,1-3,5H2/t7-/m1/s1. The zero-order valence-electron chi connectivity index (χ0n) is 7.18. The lowest BCUT2D eigenvalue weighted by atomic mass is 10.3. The third-order valence-electron chi connectivity index (χ3n) is 2.00. The maximum atomic E-state index is 8.68. The largest absolute Gasteiger partial charge is 0.396 e. The molecule has 1 fully saturated rings. The third-order valence-corrected chi connectivity index (χ3v) is 2.00. The number of hydrogen-bond acceptors (Lipinski definition) is 5. The van der Waals surface area contributed by atoms with Crippen molar-refractivity contribution in [2.24, 2.45) is 0 Å². The van der Waals surface area contributed by atoms with Crippen LogP contribution in [-0.4, -0.2) is 39.9 Å². The Morgan fingerprint density at radius 2 is 2.69 bits per heavy atom. The smallest absolute Gasteiger partial charge is 0.0937 e. The number of hydroxylamine groups is 1. The highest BCUT2D eigenvalue weighted by atomic mass is 16.7. The molecule has 2 heterocycles. The van der Waals surface area contributed by atoms with Gasteiger partial charge in [-0.05, 0) is 0 Å². The van der Waals surface area contributed by atoms with Crippen molar-refractivity contribution in [3.8, 4) is 0 Å². The molecule has 1 aromatic heterocycles. The normalized spacial score (nSPS) is 22.4. The molecule has 0 amide bonds. The fraction of sp³-hybridized carbons (Fsp3) is 0.714. The molecule has 0 bridgehead atoms. The van der Waals surface area contributed by atoms with Crippen LogP contribution in [0.4, 0.5) is 0 Å². The molecular formula is C7H12N4O2. The summed E-state index contributed by atoms with van der Waals surface area (Å²) >= 11 is 0. The minimum absolute atomic E-state index is 0.109. The first-order valence-electron chi connectivity index (χ1n) is 4.26. The fourth-order valence-corrected chi connectivity index (χ4v) is 1.26. The van der Waals surface area contributed by atoms with E-state index in [-0.39, 0.29) is 12.6 Å². The van der Waals surface area contributed by atoms with Gasteiger partial charge in [-0.3, -0.25) is 4.84 Å². The molecule has 0 saturated carbocycles. The molecule has 1 atom stereocenters. The van der Waals surface area contributed by atoms with Gasteiger partial charge < -0.3 is 5.11 Å². The topological polar surface area (TPSA) is 72.2 Å². The number of hydrogen-bond donors (Lipinski definition) is 2. The van der Waals surface area contributed by atoms with Crippen LogP contribution in [0.3, 0.4) is 0 Å². The summed E-state index contributed by atoms with van der Waals surface area (Å²) in [4.78, 5) is 4.99. The van der Waals surface area contributed by atoms with E-state index in [4.69, 9.17) is 9.94 Å². The summed E-state index contributed by atoms with van der Waals surface area (Å²) in [5.74, 6) is 0. The number of nitrogens with one attached hydrogen (secondary N) is 1. The van der Waals surface area contributed by atoms with Crippen LogP contribution in [0.25, 0.3) is 0 Å². The molecular weight excluding hydrogens is 172 g/mol. The molecule has 1 aromatic rings. The fourth-order valence-electron chi connectivity index (χ4n) is 1.26. The minimum atomic E-state index is 0.109. The molecule has 72 valence electrons. The summed E-state index contributed by atoms with van der Waals surface area (Å²) in [7, 11) is 0. The second-order valence-corrected chi connectivity index (χ2v) is 2.98. The van der Waals surface area contributed by atoms with E-state index in [0.717, 1.165) is 12.2 Å². The SMILES string of the molecule is OCCc1cn([C@@H]2CNOC2)nn1. The Hall–Kier alpha value is -0.980. The summed E-state index contributed by atoms with van der Waals surface area (Å²) in [6, 6.07) is 0.222. The molecule has 0 aromatic carbocycles. The maximum absolute atomic E-state index is 8.68. The molecule has 6 heteroatoms. The average molecular weight is 184 g/mol. The molecule has 0 unspecified atom stereocenters. The number of nitrogens with zero attached hydrogens (tertiary/aromatic N) is 3. The molecule has 1 aliphatic rings. The van der Waals surface area contributed by atoms with Crippen LogP contribution in [0.5, 0.6) is 0 Å². The Kier molecular flexibility index (Phi) is 2.53. The van der Waals surface area contributed by atoms with Crippen molar-refractivity contribution >= 4 is 0 Å². The van der Waals surface area contributed by atoms with Gasteiger partial charge in [-0.25, -0.2) is 10.2 Å². The van der Waals surface area contributed by atoms with Crippen LogP contribution in [0.15, 0.2) is 6.20 Å². The molecule has 2 rings (SSSR count). The minimum Gasteiger partial charge on any atom is -0.396 e. The van der Waals surface area contributed by atoms with Gasteiger partial charge in [-0.2, -0.15) is 0 Å². The lowest BCUT2D eigenvalue weighted by Gasteiger charge is -2.03. The zero-order chi connectivity index (χ0) is 9.10. The van der Waals surface area contributed by atoms with Crippen molar-refractivity contribution < 1.29 is 9.94 Å². The van der Waals surface area contributed by atoms with Gasteiger partial charge in [0, 0.05) is 25.8 Å². The summed E-state index contributed by atoms with van der Waals surface area (Å²) in [6.45, 7) is 1.47. The lowest BCUT2D eigenvalue weighted by molar-refractivity contribution is 0.0968. The predicted octanol–water partition coefficient (Wildman–Crippen LogP) is -1.11. The van der Waals surface area contributed by atoms with Crippen LogP contribution in [0.1, 0.15) is 11.7 Å². The van der Waals surface area contributed by atoms with Gasteiger partial charge in [-0.15, -0.1) is 5.10 Å². The van der Waals surface area contributed by atoms with Gasteiger partial charge in [0.1, 0.15) is 0 Å². The highest BCUT2D eigenvalue weighted by Gasteiger charge is 2.18. The van der Waals surface area contributed by atoms with Crippen LogP contribution in [-0.2, 0) is 11.3 Å². The van der Waals surface area contributed by atoms with Gasteiger partial charge in [-0.1, -0.05) is 5.21 Å². The Morgan fingerprint density at radius 3 is 3.38 bits per heavy atom. The summed E-state index contributed by atoms with van der Waals surface area (Å²) in [5, 5.41) is 16.6.